The van der Waals surface area contributed by atoms with Gasteiger partial charge in [-0.3, -0.25) is 0 Å². The number of fused-ring (bicyclic) bond motifs is 1. The Morgan fingerprint density at radius 3 is 2.50 bits per heavy atom. The Balaban J connectivity index is 2.14. The molecule has 1 aromatic heterocycles. The maximum atomic E-state index is 11.1. The molecule has 0 radical (unpaired) electrons. The van der Waals surface area contributed by atoms with Gasteiger partial charge in [0.25, 0.3) is 0 Å². The zero-order valence-electron chi connectivity index (χ0n) is 12.1. The molecule has 0 saturated heterocycles. The Morgan fingerprint density at radius 2 is 1.77 bits per heavy atom. The molecule has 0 bridgehead atoms. The third kappa shape index (κ3) is 2.76. The summed E-state index contributed by atoms with van der Waals surface area (Å²) in [6, 6.07) is 19.1. The molecule has 1 unspecified atom stereocenters. The first-order chi connectivity index (χ1) is 10.6. The van der Waals surface area contributed by atoms with Crippen molar-refractivity contribution < 1.29 is 14.6 Å². The van der Waals surface area contributed by atoms with Crippen molar-refractivity contribution in [3.8, 4) is 17.0 Å². The van der Waals surface area contributed by atoms with Crippen molar-refractivity contribution in [2.45, 2.75) is 13.0 Å². The van der Waals surface area contributed by atoms with E-state index in [9.17, 15) is 4.79 Å². The number of pyridine rings is 1. The van der Waals surface area contributed by atoms with Crippen molar-refractivity contribution >= 4 is 16.9 Å². The van der Waals surface area contributed by atoms with Gasteiger partial charge in [0.1, 0.15) is 5.75 Å². The van der Waals surface area contributed by atoms with Crippen LogP contribution in [-0.2, 0) is 4.79 Å². The summed E-state index contributed by atoms with van der Waals surface area (Å²) in [6.45, 7) is 1.51. The second kappa shape index (κ2) is 5.85. The van der Waals surface area contributed by atoms with Crippen LogP contribution in [0.1, 0.15) is 6.92 Å². The van der Waals surface area contributed by atoms with Gasteiger partial charge >= 0.3 is 5.97 Å². The largest absolute Gasteiger partial charge is 0.479 e. The average molecular weight is 293 g/mol. The van der Waals surface area contributed by atoms with E-state index in [0.29, 0.717) is 5.75 Å². The van der Waals surface area contributed by atoms with Crippen LogP contribution in [0.2, 0.25) is 0 Å². The predicted molar refractivity (Wildman–Crippen MR) is 84.9 cm³/mol. The van der Waals surface area contributed by atoms with E-state index in [1.54, 1.807) is 6.07 Å². The molecule has 1 N–H and O–H groups in total. The lowest BCUT2D eigenvalue weighted by molar-refractivity contribution is -0.144. The zero-order chi connectivity index (χ0) is 15.5. The van der Waals surface area contributed by atoms with E-state index in [0.717, 1.165) is 22.2 Å². The summed E-state index contributed by atoms with van der Waals surface area (Å²) in [5.41, 5.74) is 2.49. The molecule has 0 spiro atoms. The number of ether oxygens (including phenoxy) is 1. The molecule has 4 nitrogen and oxygen atoms in total. The molecule has 0 aliphatic carbocycles. The van der Waals surface area contributed by atoms with Gasteiger partial charge in [0.2, 0.25) is 0 Å². The highest BCUT2D eigenvalue weighted by Gasteiger charge is 2.16. The normalized spacial score (nSPS) is 12.0. The summed E-state index contributed by atoms with van der Waals surface area (Å²) in [4.78, 5) is 15.7. The number of nitrogens with zero attached hydrogens (tertiary/aromatic N) is 1. The first-order valence-electron chi connectivity index (χ1n) is 7.00. The van der Waals surface area contributed by atoms with Gasteiger partial charge < -0.3 is 9.84 Å². The van der Waals surface area contributed by atoms with Gasteiger partial charge in [-0.1, -0.05) is 42.5 Å². The Bertz CT molecular complexity index is 815. The maximum Gasteiger partial charge on any atom is 0.344 e. The molecule has 0 aliphatic heterocycles. The number of hydrogen-bond acceptors (Lipinski definition) is 3. The van der Waals surface area contributed by atoms with Gasteiger partial charge in [-0.05, 0) is 19.1 Å². The predicted octanol–water partition coefficient (Wildman–Crippen LogP) is 3.75. The summed E-state index contributed by atoms with van der Waals surface area (Å²) in [5, 5.41) is 9.86. The van der Waals surface area contributed by atoms with Gasteiger partial charge in [0.05, 0.1) is 11.2 Å². The number of aliphatic carboxylic acids is 1. The second-order valence-corrected chi connectivity index (χ2v) is 4.99. The van der Waals surface area contributed by atoms with Crippen LogP contribution in [0.5, 0.6) is 5.75 Å². The van der Waals surface area contributed by atoms with Gasteiger partial charge in [0.15, 0.2) is 6.10 Å². The lowest BCUT2D eigenvalue weighted by Crippen LogP contribution is -2.23. The molecule has 4 heteroatoms. The molecule has 22 heavy (non-hydrogen) atoms. The molecule has 3 aromatic rings. The lowest BCUT2D eigenvalue weighted by atomic mass is 10.1. The minimum Gasteiger partial charge on any atom is -0.479 e. The molecule has 3 rings (SSSR count). The van der Waals surface area contributed by atoms with Crippen molar-refractivity contribution in [2.75, 3.05) is 0 Å². The second-order valence-electron chi connectivity index (χ2n) is 4.99. The SMILES string of the molecule is CC(Oc1cc(-c2ccccc2)nc2ccccc12)C(=O)O. The Hall–Kier alpha value is -2.88. The molecule has 1 heterocycles. The first kappa shape index (κ1) is 14.1. The van der Waals surface area contributed by atoms with Gasteiger partial charge in [-0.15, -0.1) is 0 Å². The van der Waals surface area contributed by atoms with Crippen LogP contribution in [0.15, 0.2) is 60.7 Å². The van der Waals surface area contributed by atoms with Crippen LogP contribution < -0.4 is 4.74 Å². The summed E-state index contributed by atoms with van der Waals surface area (Å²) in [5.74, 6) is -0.471. The summed E-state index contributed by atoms with van der Waals surface area (Å²) >= 11 is 0. The van der Waals surface area contributed by atoms with Crippen LogP contribution in [0, 0.1) is 0 Å². The molecule has 0 aliphatic rings. The number of hydrogen-bond donors (Lipinski definition) is 1. The van der Waals surface area contributed by atoms with E-state index < -0.39 is 12.1 Å². The van der Waals surface area contributed by atoms with E-state index in [-0.39, 0.29) is 0 Å². The number of aromatic nitrogens is 1. The molecule has 0 amide bonds. The monoisotopic (exact) mass is 293 g/mol. The fraction of sp³-hybridized carbons (Fsp3) is 0.111. The van der Waals surface area contributed by atoms with Gasteiger partial charge in [-0.25, -0.2) is 9.78 Å². The van der Waals surface area contributed by atoms with Crippen LogP contribution in [0.4, 0.5) is 0 Å². The van der Waals surface area contributed by atoms with E-state index in [1.807, 2.05) is 54.6 Å². The van der Waals surface area contributed by atoms with E-state index in [4.69, 9.17) is 9.84 Å². The molecular weight excluding hydrogens is 278 g/mol. The lowest BCUT2D eigenvalue weighted by Gasteiger charge is -2.14. The number of para-hydroxylation sites is 1. The van der Waals surface area contributed by atoms with Crippen LogP contribution >= 0.6 is 0 Å². The van der Waals surface area contributed by atoms with Crippen LogP contribution in [0.3, 0.4) is 0 Å². The van der Waals surface area contributed by atoms with Crippen LogP contribution in [-0.4, -0.2) is 22.2 Å². The topological polar surface area (TPSA) is 59.4 Å². The number of carboxylic acids is 1. The summed E-state index contributed by atoms with van der Waals surface area (Å²) in [6.07, 6.45) is -0.922. The quantitative estimate of drug-likeness (QED) is 0.795. The number of rotatable bonds is 4. The standard InChI is InChI=1S/C18H15NO3/c1-12(18(20)21)22-17-11-16(13-7-3-2-4-8-13)19-15-10-6-5-9-14(15)17/h2-12H,1H3,(H,20,21). The fourth-order valence-corrected chi connectivity index (χ4v) is 2.24. The fourth-order valence-electron chi connectivity index (χ4n) is 2.24. The maximum absolute atomic E-state index is 11.1. The molecule has 1 atom stereocenters. The number of benzene rings is 2. The smallest absolute Gasteiger partial charge is 0.344 e. The summed E-state index contributed by atoms with van der Waals surface area (Å²) in [7, 11) is 0. The van der Waals surface area contributed by atoms with Crippen molar-refractivity contribution in [2.24, 2.45) is 0 Å². The minimum atomic E-state index is -0.998. The van der Waals surface area contributed by atoms with Gasteiger partial charge in [0, 0.05) is 17.0 Å². The van der Waals surface area contributed by atoms with Crippen molar-refractivity contribution in [1.82, 2.24) is 4.98 Å². The molecule has 0 saturated carbocycles. The highest BCUT2D eigenvalue weighted by molar-refractivity contribution is 5.88. The Labute approximate surface area is 128 Å². The Kier molecular flexibility index (Phi) is 3.74. The third-order valence-electron chi connectivity index (χ3n) is 3.40. The van der Waals surface area contributed by atoms with Crippen molar-refractivity contribution in [3.05, 3.63) is 60.7 Å². The molecule has 110 valence electrons. The zero-order valence-corrected chi connectivity index (χ0v) is 12.1. The van der Waals surface area contributed by atoms with Gasteiger partial charge in [-0.2, -0.15) is 0 Å². The Morgan fingerprint density at radius 1 is 1.09 bits per heavy atom. The number of carbonyl (C=O) groups is 1. The molecule has 0 fully saturated rings. The highest BCUT2D eigenvalue weighted by Crippen LogP contribution is 2.30. The third-order valence-corrected chi connectivity index (χ3v) is 3.40. The first-order valence-corrected chi connectivity index (χ1v) is 7.00. The summed E-state index contributed by atoms with van der Waals surface area (Å²) < 4.78 is 5.61. The van der Waals surface area contributed by atoms with Crippen molar-refractivity contribution in [1.29, 1.82) is 0 Å². The van der Waals surface area contributed by atoms with Crippen molar-refractivity contribution in [3.63, 3.8) is 0 Å². The van der Waals surface area contributed by atoms with E-state index in [1.165, 1.54) is 6.92 Å². The molecular formula is C18H15NO3. The average Bonchev–Trinajstić information content (AvgIpc) is 2.55. The van der Waals surface area contributed by atoms with E-state index in [2.05, 4.69) is 4.98 Å². The number of carboxylic acid groups (broad SMARTS) is 1. The van der Waals surface area contributed by atoms with E-state index >= 15 is 0 Å². The van der Waals surface area contributed by atoms with Crippen LogP contribution in [0.25, 0.3) is 22.2 Å². The minimum absolute atomic E-state index is 0.527. The highest BCUT2D eigenvalue weighted by atomic mass is 16.5. The molecule has 2 aromatic carbocycles.